The van der Waals surface area contributed by atoms with Crippen LogP contribution in [0.15, 0.2) is 35.7 Å². The molecule has 1 aliphatic carbocycles. The Bertz CT molecular complexity index is 589. The van der Waals surface area contributed by atoms with E-state index in [0.717, 1.165) is 4.88 Å². The van der Waals surface area contributed by atoms with E-state index in [2.05, 4.69) is 23.5 Å². The first kappa shape index (κ1) is 12.4. The summed E-state index contributed by atoms with van der Waals surface area (Å²) in [6, 6.07) is 10.4. The lowest BCUT2D eigenvalue weighted by Gasteiger charge is -2.15. The van der Waals surface area contributed by atoms with Crippen molar-refractivity contribution >= 4 is 17.2 Å². The second kappa shape index (κ2) is 5.17. The molecule has 1 aliphatic rings. The molecule has 1 N–H and O–H groups in total. The third kappa shape index (κ3) is 2.56. The summed E-state index contributed by atoms with van der Waals surface area (Å²) in [6.07, 6.45) is 3.63. The first-order valence-electron chi connectivity index (χ1n) is 6.70. The van der Waals surface area contributed by atoms with E-state index in [9.17, 15) is 4.79 Å². The van der Waals surface area contributed by atoms with E-state index in [1.54, 1.807) is 0 Å². The number of hydrogen-bond acceptors (Lipinski definition) is 2. The lowest BCUT2D eigenvalue weighted by molar-refractivity contribution is 0.0944. The van der Waals surface area contributed by atoms with Gasteiger partial charge in [-0.3, -0.25) is 4.79 Å². The average Bonchev–Trinajstić information content (AvgIpc) is 3.09. The fourth-order valence-electron chi connectivity index (χ4n) is 2.62. The number of fused-ring (bicyclic) bond motifs is 1. The quantitative estimate of drug-likeness (QED) is 0.905. The third-order valence-electron chi connectivity index (χ3n) is 3.72. The highest BCUT2D eigenvalue weighted by atomic mass is 32.1. The van der Waals surface area contributed by atoms with Gasteiger partial charge in [-0.05, 0) is 54.3 Å². The molecular formula is C16H17NOS. The molecule has 1 amide bonds. The van der Waals surface area contributed by atoms with Gasteiger partial charge in [-0.1, -0.05) is 24.3 Å². The molecule has 3 rings (SSSR count). The molecule has 1 aromatic heterocycles. The van der Waals surface area contributed by atoms with E-state index < -0.39 is 0 Å². The molecule has 0 saturated heterocycles. The predicted molar refractivity (Wildman–Crippen MR) is 78.7 cm³/mol. The SMILES string of the molecule is C[C@H](NC(=O)c1cccs1)c1ccc2c(c1)CCC2. The van der Waals surface area contributed by atoms with Crippen LogP contribution in [0.2, 0.25) is 0 Å². The summed E-state index contributed by atoms with van der Waals surface area (Å²) in [5.74, 6) is 0.0167. The monoisotopic (exact) mass is 271 g/mol. The van der Waals surface area contributed by atoms with Gasteiger partial charge in [0.25, 0.3) is 5.91 Å². The van der Waals surface area contributed by atoms with Gasteiger partial charge in [0, 0.05) is 0 Å². The molecule has 2 nitrogen and oxygen atoms in total. The summed E-state index contributed by atoms with van der Waals surface area (Å²) < 4.78 is 0. The van der Waals surface area contributed by atoms with Crippen LogP contribution in [0, 0.1) is 0 Å². The molecule has 1 atom stereocenters. The molecule has 1 aromatic carbocycles. The van der Waals surface area contributed by atoms with E-state index in [1.165, 1.54) is 47.3 Å². The summed E-state index contributed by atoms with van der Waals surface area (Å²) >= 11 is 1.48. The molecule has 19 heavy (non-hydrogen) atoms. The van der Waals surface area contributed by atoms with E-state index in [1.807, 2.05) is 24.4 Å². The minimum atomic E-state index is 0.0167. The van der Waals surface area contributed by atoms with E-state index in [4.69, 9.17) is 0 Å². The third-order valence-corrected chi connectivity index (χ3v) is 4.58. The van der Waals surface area contributed by atoms with Crippen molar-refractivity contribution in [2.24, 2.45) is 0 Å². The zero-order valence-corrected chi connectivity index (χ0v) is 11.8. The van der Waals surface area contributed by atoms with Gasteiger partial charge in [0.05, 0.1) is 10.9 Å². The molecule has 0 spiro atoms. The summed E-state index contributed by atoms with van der Waals surface area (Å²) in [5, 5.41) is 4.99. The lowest BCUT2D eigenvalue weighted by Crippen LogP contribution is -2.25. The van der Waals surface area contributed by atoms with Crippen molar-refractivity contribution < 1.29 is 4.79 Å². The van der Waals surface area contributed by atoms with E-state index >= 15 is 0 Å². The molecule has 3 heteroatoms. The van der Waals surface area contributed by atoms with Gasteiger partial charge < -0.3 is 5.32 Å². The summed E-state index contributed by atoms with van der Waals surface area (Å²) in [4.78, 5) is 12.8. The molecule has 0 radical (unpaired) electrons. The van der Waals surface area contributed by atoms with Crippen LogP contribution in [0.1, 0.15) is 45.7 Å². The molecule has 0 saturated carbocycles. The zero-order valence-electron chi connectivity index (χ0n) is 11.0. The number of carbonyl (C=O) groups excluding carboxylic acids is 1. The highest BCUT2D eigenvalue weighted by Gasteiger charge is 2.15. The number of rotatable bonds is 3. The number of nitrogens with one attached hydrogen (secondary N) is 1. The first-order valence-corrected chi connectivity index (χ1v) is 7.58. The van der Waals surface area contributed by atoms with Crippen LogP contribution in [0.25, 0.3) is 0 Å². The van der Waals surface area contributed by atoms with Gasteiger partial charge in [-0.15, -0.1) is 11.3 Å². The topological polar surface area (TPSA) is 29.1 Å². The van der Waals surface area contributed by atoms with Crippen LogP contribution in [0.3, 0.4) is 0 Å². The summed E-state index contributed by atoms with van der Waals surface area (Å²) in [6.45, 7) is 2.04. The van der Waals surface area contributed by atoms with Crippen molar-refractivity contribution in [3.63, 3.8) is 0 Å². The molecule has 0 fully saturated rings. The molecule has 98 valence electrons. The molecule has 0 unspecified atom stereocenters. The maximum absolute atomic E-state index is 12.0. The number of hydrogen-bond donors (Lipinski definition) is 1. The molecule has 2 aromatic rings. The van der Waals surface area contributed by atoms with Crippen LogP contribution in [0.4, 0.5) is 0 Å². The van der Waals surface area contributed by atoms with E-state index in [0.29, 0.717) is 0 Å². The van der Waals surface area contributed by atoms with Crippen molar-refractivity contribution in [2.75, 3.05) is 0 Å². The van der Waals surface area contributed by atoms with Crippen molar-refractivity contribution in [1.82, 2.24) is 5.32 Å². The Balaban J connectivity index is 1.73. The van der Waals surface area contributed by atoms with Crippen LogP contribution < -0.4 is 5.32 Å². The fourth-order valence-corrected chi connectivity index (χ4v) is 3.25. The van der Waals surface area contributed by atoms with Crippen LogP contribution >= 0.6 is 11.3 Å². The average molecular weight is 271 g/mol. The number of benzene rings is 1. The van der Waals surface area contributed by atoms with Crippen molar-refractivity contribution in [2.45, 2.75) is 32.2 Å². The predicted octanol–water partition coefficient (Wildman–Crippen LogP) is 3.73. The Morgan fingerprint density at radius 2 is 2.11 bits per heavy atom. The van der Waals surface area contributed by atoms with Gasteiger partial charge in [-0.2, -0.15) is 0 Å². The van der Waals surface area contributed by atoms with E-state index in [-0.39, 0.29) is 11.9 Å². The van der Waals surface area contributed by atoms with Crippen molar-refractivity contribution in [1.29, 1.82) is 0 Å². The number of amides is 1. The van der Waals surface area contributed by atoms with Gasteiger partial charge in [0.1, 0.15) is 0 Å². The van der Waals surface area contributed by atoms with Crippen molar-refractivity contribution in [3.8, 4) is 0 Å². The largest absolute Gasteiger partial charge is 0.345 e. The maximum atomic E-state index is 12.0. The number of aryl methyl sites for hydroxylation is 2. The van der Waals surface area contributed by atoms with Gasteiger partial charge in [0.2, 0.25) is 0 Å². The second-order valence-corrected chi connectivity index (χ2v) is 6.00. The minimum absolute atomic E-state index is 0.0167. The highest BCUT2D eigenvalue weighted by molar-refractivity contribution is 7.12. The van der Waals surface area contributed by atoms with Crippen LogP contribution in [0.5, 0.6) is 0 Å². The molecular weight excluding hydrogens is 254 g/mol. The standard InChI is InChI=1S/C16H17NOS/c1-11(17-16(18)15-6-3-9-19-15)13-8-7-12-4-2-5-14(12)10-13/h3,6-11H,2,4-5H2,1H3,(H,17,18)/t11-/m0/s1. The summed E-state index contributed by atoms with van der Waals surface area (Å²) in [7, 11) is 0. The Kier molecular flexibility index (Phi) is 3.38. The second-order valence-electron chi connectivity index (χ2n) is 5.05. The normalized spacial score (nSPS) is 15.0. The number of thiophene rings is 1. The maximum Gasteiger partial charge on any atom is 0.261 e. The minimum Gasteiger partial charge on any atom is -0.345 e. The Labute approximate surface area is 117 Å². The summed E-state index contributed by atoms with van der Waals surface area (Å²) in [5.41, 5.74) is 4.13. The van der Waals surface area contributed by atoms with Gasteiger partial charge in [-0.25, -0.2) is 0 Å². The Hall–Kier alpha value is -1.61. The smallest absolute Gasteiger partial charge is 0.261 e. The number of carbonyl (C=O) groups is 1. The molecule has 1 heterocycles. The van der Waals surface area contributed by atoms with Crippen LogP contribution in [-0.4, -0.2) is 5.91 Å². The molecule has 0 bridgehead atoms. The zero-order chi connectivity index (χ0) is 13.2. The van der Waals surface area contributed by atoms with Gasteiger partial charge >= 0.3 is 0 Å². The Morgan fingerprint density at radius 3 is 2.89 bits per heavy atom. The first-order chi connectivity index (χ1) is 9.24. The molecule has 0 aliphatic heterocycles. The fraction of sp³-hybridized carbons (Fsp3) is 0.312. The lowest BCUT2D eigenvalue weighted by atomic mass is 10.0. The van der Waals surface area contributed by atoms with Gasteiger partial charge in [0.15, 0.2) is 0 Å². The van der Waals surface area contributed by atoms with Crippen molar-refractivity contribution in [3.05, 3.63) is 57.3 Å². The Morgan fingerprint density at radius 1 is 1.26 bits per heavy atom. The van der Waals surface area contributed by atoms with Crippen LogP contribution in [-0.2, 0) is 12.8 Å². The highest BCUT2D eigenvalue weighted by Crippen LogP contribution is 2.25.